The predicted octanol–water partition coefficient (Wildman–Crippen LogP) is 2.42. The lowest BCUT2D eigenvalue weighted by atomic mass is 9.99. The zero-order valence-electron chi connectivity index (χ0n) is 22.9. The summed E-state index contributed by atoms with van der Waals surface area (Å²) >= 11 is 5.93. The lowest BCUT2D eigenvalue weighted by Crippen LogP contribution is -2.50. The van der Waals surface area contributed by atoms with E-state index in [-0.39, 0.29) is 46.6 Å². The van der Waals surface area contributed by atoms with Gasteiger partial charge >= 0.3 is 0 Å². The number of aliphatic hydroxyl groups excluding tert-OH is 1. The fraction of sp³-hybridized carbons (Fsp3) is 0.385. The van der Waals surface area contributed by atoms with Crippen molar-refractivity contribution < 1.29 is 31.5 Å². The summed E-state index contributed by atoms with van der Waals surface area (Å²) < 4.78 is 64.3. The van der Waals surface area contributed by atoms with Crippen molar-refractivity contribution in [1.29, 1.82) is 0 Å². The molecule has 0 radical (unpaired) electrons. The number of hydrogen-bond acceptors (Lipinski definition) is 8. The number of para-hydroxylation sites is 1. The van der Waals surface area contributed by atoms with Gasteiger partial charge in [0.05, 0.1) is 41.7 Å². The number of benzene rings is 2. The van der Waals surface area contributed by atoms with Crippen molar-refractivity contribution in [3.63, 3.8) is 0 Å². The molecule has 0 bridgehead atoms. The standard InChI is InChI=1S/C26H32ClN5O7S2/c1-17-12-32(18(2)15-33)26(34)21-6-5-7-22(29-40(35,36)24-14-30(3)16-28-24)25(21)39-23(17)13-31(4)41(37,38)20-10-8-19(27)9-11-20/h5-11,14,16-18,23,29,33H,12-13,15H2,1-4H3/t17-,18+,23+/m0/s1. The average molecular weight is 626 g/mol. The van der Waals surface area contributed by atoms with Gasteiger partial charge in [-0.1, -0.05) is 24.6 Å². The number of carbonyl (C=O) groups excluding carboxylic acids is 1. The van der Waals surface area contributed by atoms with Crippen LogP contribution in [0.1, 0.15) is 24.2 Å². The second-order valence-corrected chi connectivity index (χ2v) is 14.1. The van der Waals surface area contributed by atoms with Gasteiger partial charge in [0.1, 0.15) is 6.10 Å². The van der Waals surface area contributed by atoms with Crippen LogP contribution in [0.25, 0.3) is 0 Å². The van der Waals surface area contributed by atoms with Gasteiger partial charge in [-0.25, -0.2) is 13.4 Å². The fourth-order valence-corrected chi connectivity index (χ4v) is 6.76. The van der Waals surface area contributed by atoms with E-state index in [2.05, 4.69) is 9.71 Å². The largest absolute Gasteiger partial charge is 0.486 e. The van der Waals surface area contributed by atoms with E-state index in [1.54, 1.807) is 20.9 Å². The van der Waals surface area contributed by atoms with Gasteiger partial charge in [-0.2, -0.15) is 12.7 Å². The van der Waals surface area contributed by atoms with Crippen molar-refractivity contribution in [2.75, 3.05) is 31.5 Å². The molecule has 2 heterocycles. The highest BCUT2D eigenvalue weighted by Crippen LogP contribution is 2.36. The number of nitrogens with zero attached hydrogens (tertiary/aromatic N) is 4. The van der Waals surface area contributed by atoms with Crippen LogP contribution in [0, 0.1) is 5.92 Å². The molecular weight excluding hydrogens is 594 g/mol. The maximum Gasteiger partial charge on any atom is 0.281 e. The molecule has 0 saturated heterocycles. The molecule has 0 fully saturated rings. The highest BCUT2D eigenvalue weighted by molar-refractivity contribution is 7.92. The SMILES string of the molecule is C[C@H](CO)N1C[C@H](C)[C@@H](CN(C)S(=O)(=O)c2ccc(Cl)cc2)Oc2c(NS(=O)(=O)c3cn(C)cn3)cccc2C1=O. The molecule has 41 heavy (non-hydrogen) atoms. The third-order valence-electron chi connectivity index (χ3n) is 6.85. The Morgan fingerprint density at radius 3 is 2.49 bits per heavy atom. The number of anilines is 1. The first kappa shape index (κ1) is 30.8. The van der Waals surface area contributed by atoms with Gasteiger partial charge in [-0.05, 0) is 43.3 Å². The molecule has 4 rings (SSSR count). The Labute approximate surface area is 244 Å². The van der Waals surface area contributed by atoms with E-state index in [1.165, 1.54) is 71.5 Å². The maximum atomic E-state index is 13.7. The lowest BCUT2D eigenvalue weighted by Gasteiger charge is -2.38. The molecule has 12 nitrogen and oxygen atoms in total. The second-order valence-electron chi connectivity index (χ2n) is 10.0. The van der Waals surface area contributed by atoms with E-state index in [4.69, 9.17) is 16.3 Å². The summed E-state index contributed by atoms with van der Waals surface area (Å²) in [6.45, 7) is 3.21. The van der Waals surface area contributed by atoms with Gasteiger partial charge in [-0.15, -0.1) is 0 Å². The minimum Gasteiger partial charge on any atom is -0.486 e. The number of rotatable bonds is 9. The normalized spacial score (nSPS) is 18.8. The van der Waals surface area contributed by atoms with Crippen LogP contribution in [-0.2, 0) is 27.1 Å². The molecule has 0 saturated carbocycles. The number of hydrogen-bond donors (Lipinski definition) is 2. The Morgan fingerprint density at radius 1 is 1.20 bits per heavy atom. The minimum atomic E-state index is -4.16. The van der Waals surface area contributed by atoms with Gasteiger partial charge in [-0.3, -0.25) is 9.52 Å². The van der Waals surface area contributed by atoms with Crippen LogP contribution in [-0.4, -0.2) is 85.5 Å². The van der Waals surface area contributed by atoms with Crippen LogP contribution in [0.15, 0.2) is 64.9 Å². The van der Waals surface area contributed by atoms with E-state index in [0.717, 1.165) is 4.31 Å². The van der Waals surface area contributed by atoms with Gasteiger partial charge in [0.15, 0.2) is 10.8 Å². The number of likely N-dealkylation sites (N-methyl/N-ethyl adjacent to an activating group) is 1. The number of imidazole rings is 1. The number of ether oxygens (including phenoxy) is 1. The minimum absolute atomic E-state index is 0.0135. The third-order valence-corrected chi connectivity index (χ3v) is 10.2. The molecule has 1 aromatic heterocycles. The van der Waals surface area contributed by atoms with Crippen molar-refractivity contribution in [3.05, 3.63) is 65.6 Å². The topological polar surface area (TPSA) is 151 Å². The number of aliphatic hydroxyl groups is 1. The van der Waals surface area contributed by atoms with Crippen LogP contribution < -0.4 is 9.46 Å². The maximum absolute atomic E-state index is 13.7. The number of sulfonamides is 2. The van der Waals surface area contributed by atoms with E-state index in [1.807, 2.05) is 0 Å². The van der Waals surface area contributed by atoms with Crippen LogP contribution in [0.5, 0.6) is 5.75 Å². The van der Waals surface area contributed by atoms with Gasteiger partial charge in [0.25, 0.3) is 15.9 Å². The highest BCUT2D eigenvalue weighted by Gasteiger charge is 2.36. The second kappa shape index (κ2) is 12.0. The molecule has 222 valence electrons. The molecule has 1 amide bonds. The summed E-state index contributed by atoms with van der Waals surface area (Å²) in [5.41, 5.74) is 0.0482. The van der Waals surface area contributed by atoms with Crippen molar-refractivity contribution in [1.82, 2.24) is 18.8 Å². The summed E-state index contributed by atoms with van der Waals surface area (Å²) in [7, 11) is -5.06. The monoisotopic (exact) mass is 625 g/mol. The highest BCUT2D eigenvalue weighted by atomic mass is 35.5. The summed E-state index contributed by atoms with van der Waals surface area (Å²) in [5.74, 6) is -0.946. The molecule has 1 aliphatic rings. The zero-order valence-corrected chi connectivity index (χ0v) is 25.3. The van der Waals surface area contributed by atoms with Crippen LogP contribution in [0.3, 0.4) is 0 Å². The molecule has 3 atom stereocenters. The fourth-order valence-electron chi connectivity index (χ4n) is 4.40. The molecule has 0 unspecified atom stereocenters. The number of carbonyl (C=O) groups is 1. The van der Waals surface area contributed by atoms with Crippen molar-refractivity contribution in [2.45, 2.75) is 35.9 Å². The number of nitrogens with one attached hydrogen (secondary N) is 1. The molecule has 2 N–H and O–H groups in total. The van der Waals surface area contributed by atoms with E-state index < -0.39 is 44.0 Å². The molecule has 2 aromatic carbocycles. The Bertz CT molecular complexity index is 1630. The molecule has 3 aromatic rings. The Kier molecular flexibility index (Phi) is 8.99. The Hall–Kier alpha value is -3.17. The van der Waals surface area contributed by atoms with Crippen molar-refractivity contribution >= 4 is 43.2 Å². The number of fused-ring (bicyclic) bond motifs is 1. The first-order chi connectivity index (χ1) is 19.2. The van der Waals surface area contributed by atoms with Gasteiger partial charge in [0, 0.05) is 37.8 Å². The van der Waals surface area contributed by atoms with Crippen LogP contribution >= 0.6 is 11.6 Å². The lowest BCUT2D eigenvalue weighted by molar-refractivity contribution is 0.0389. The van der Waals surface area contributed by atoms with Crippen molar-refractivity contribution in [3.8, 4) is 5.75 Å². The quantitative estimate of drug-likeness (QED) is 0.368. The smallest absolute Gasteiger partial charge is 0.281 e. The van der Waals surface area contributed by atoms with Crippen LogP contribution in [0.4, 0.5) is 5.69 Å². The first-order valence-electron chi connectivity index (χ1n) is 12.7. The molecule has 0 aliphatic carbocycles. The summed E-state index contributed by atoms with van der Waals surface area (Å²) in [4.78, 5) is 19.1. The van der Waals surface area contributed by atoms with Crippen LogP contribution in [0.2, 0.25) is 5.02 Å². The zero-order chi connectivity index (χ0) is 30.1. The summed E-state index contributed by atoms with van der Waals surface area (Å²) in [6.07, 6.45) is 1.85. The average Bonchev–Trinajstić information content (AvgIpc) is 3.38. The predicted molar refractivity (Wildman–Crippen MR) is 153 cm³/mol. The first-order valence-corrected chi connectivity index (χ1v) is 16.0. The van der Waals surface area contributed by atoms with E-state index in [9.17, 15) is 26.7 Å². The molecule has 0 spiro atoms. The molecule has 1 aliphatic heterocycles. The van der Waals surface area contributed by atoms with Gasteiger partial charge < -0.3 is 19.3 Å². The Morgan fingerprint density at radius 2 is 1.88 bits per heavy atom. The summed E-state index contributed by atoms with van der Waals surface area (Å²) in [6, 6.07) is 9.65. The number of halogens is 1. The molecule has 15 heteroatoms. The van der Waals surface area contributed by atoms with E-state index >= 15 is 0 Å². The molecular formula is C26H32ClN5O7S2. The van der Waals surface area contributed by atoms with Gasteiger partial charge in [0.2, 0.25) is 10.0 Å². The number of aryl methyl sites for hydroxylation is 1. The number of aromatic nitrogens is 2. The van der Waals surface area contributed by atoms with E-state index in [0.29, 0.717) is 5.02 Å². The Balaban J connectivity index is 1.76. The van der Waals surface area contributed by atoms with Crippen molar-refractivity contribution in [2.24, 2.45) is 13.0 Å². The number of amides is 1. The summed E-state index contributed by atoms with van der Waals surface area (Å²) in [5, 5.41) is 10.0. The third kappa shape index (κ3) is 6.51.